The lowest BCUT2D eigenvalue weighted by Crippen LogP contribution is -2.08. The van der Waals surface area contributed by atoms with Gasteiger partial charge in [-0.05, 0) is 5.56 Å². The Morgan fingerprint density at radius 2 is 2.14 bits per heavy atom. The Labute approximate surface area is 87.6 Å². The second-order valence-corrected chi connectivity index (χ2v) is 3.89. The van der Waals surface area contributed by atoms with Crippen molar-refractivity contribution in [2.24, 2.45) is 0 Å². The van der Waals surface area contributed by atoms with Gasteiger partial charge in [0, 0.05) is 5.75 Å². The first-order chi connectivity index (χ1) is 6.75. The lowest BCUT2D eigenvalue weighted by Gasteiger charge is -2.10. The molecule has 1 atom stereocenters. The molecule has 0 unspecified atom stereocenters. The molecule has 1 rings (SSSR count). The number of carboxylic acids is 1. The molecule has 3 heteroatoms. The summed E-state index contributed by atoms with van der Waals surface area (Å²) in [6, 6.07) is 9.23. The molecule has 1 aromatic carbocycles. The number of rotatable bonds is 5. The fourth-order valence-electron chi connectivity index (χ4n) is 1.10. The van der Waals surface area contributed by atoms with E-state index in [-0.39, 0.29) is 0 Å². The standard InChI is InChI=1S/C11H12O2S/c1-2-8-14-10(11(12)13)9-6-4-3-5-7-9/h2-7,10H,1,8H2,(H,12,13)/t10-/m0/s1. The van der Waals surface area contributed by atoms with Gasteiger partial charge in [-0.25, -0.2) is 0 Å². The lowest BCUT2D eigenvalue weighted by atomic mass is 10.1. The van der Waals surface area contributed by atoms with Crippen LogP contribution in [0.15, 0.2) is 43.0 Å². The molecule has 74 valence electrons. The van der Waals surface area contributed by atoms with Crippen molar-refractivity contribution in [3.63, 3.8) is 0 Å². The minimum atomic E-state index is -0.803. The van der Waals surface area contributed by atoms with Gasteiger partial charge in [0.1, 0.15) is 5.25 Å². The maximum atomic E-state index is 11.0. The van der Waals surface area contributed by atoms with E-state index in [0.717, 1.165) is 5.56 Å². The van der Waals surface area contributed by atoms with Crippen LogP contribution in [0.4, 0.5) is 0 Å². The van der Waals surface area contributed by atoms with E-state index in [1.807, 2.05) is 30.3 Å². The van der Waals surface area contributed by atoms with Crippen molar-refractivity contribution in [3.05, 3.63) is 48.6 Å². The summed E-state index contributed by atoms with van der Waals surface area (Å²) in [6.07, 6.45) is 1.71. The van der Waals surface area contributed by atoms with Gasteiger partial charge >= 0.3 is 5.97 Å². The lowest BCUT2D eigenvalue weighted by molar-refractivity contribution is -0.136. The summed E-state index contributed by atoms with van der Waals surface area (Å²) < 4.78 is 0. The summed E-state index contributed by atoms with van der Waals surface area (Å²) in [5.74, 6) is -0.158. The van der Waals surface area contributed by atoms with Crippen molar-refractivity contribution in [1.29, 1.82) is 0 Å². The smallest absolute Gasteiger partial charge is 0.321 e. The molecule has 0 saturated heterocycles. The molecule has 0 radical (unpaired) electrons. The van der Waals surface area contributed by atoms with Crippen molar-refractivity contribution < 1.29 is 9.90 Å². The fraction of sp³-hybridized carbons (Fsp3) is 0.182. The first-order valence-electron chi connectivity index (χ1n) is 4.26. The molecular formula is C11H12O2S. The topological polar surface area (TPSA) is 37.3 Å². The first-order valence-corrected chi connectivity index (χ1v) is 5.31. The molecule has 0 aliphatic rings. The monoisotopic (exact) mass is 208 g/mol. The molecule has 0 aliphatic carbocycles. The summed E-state index contributed by atoms with van der Waals surface area (Å²) in [7, 11) is 0. The minimum absolute atomic E-state index is 0.491. The van der Waals surface area contributed by atoms with E-state index in [1.54, 1.807) is 6.08 Å². The quantitative estimate of drug-likeness (QED) is 0.756. The van der Waals surface area contributed by atoms with E-state index in [2.05, 4.69) is 6.58 Å². The number of carboxylic acid groups (broad SMARTS) is 1. The molecule has 14 heavy (non-hydrogen) atoms. The van der Waals surface area contributed by atoms with Crippen LogP contribution in [0.25, 0.3) is 0 Å². The van der Waals surface area contributed by atoms with Crippen LogP contribution in [0, 0.1) is 0 Å². The third kappa shape index (κ3) is 2.92. The van der Waals surface area contributed by atoms with Gasteiger partial charge in [-0.15, -0.1) is 18.3 Å². The van der Waals surface area contributed by atoms with Crippen molar-refractivity contribution in [2.75, 3.05) is 5.75 Å². The Kier molecular flexibility index (Phi) is 4.26. The SMILES string of the molecule is C=CCS[C@H](C(=O)O)c1ccccc1. The summed E-state index contributed by atoms with van der Waals surface area (Å²) in [5.41, 5.74) is 0.826. The molecule has 1 aromatic rings. The normalized spacial score (nSPS) is 12.0. The fourth-order valence-corrected chi connectivity index (χ4v) is 1.92. The number of hydrogen-bond donors (Lipinski definition) is 1. The maximum Gasteiger partial charge on any atom is 0.321 e. The third-order valence-electron chi connectivity index (χ3n) is 1.71. The zero-order valence-electron chi connectivity index (χ0n) is 7.72. The molecule has 0 heterocycles. The average molecular weight is 208 g/mol. The number of benzene rings is 1. The Balaban J connectivity index is 2.78. The molecule has 0 aromatic heterocycles. The van der Waals surface area contributed by atoms with Gasteiger partial charge < -0.3 is 5.11 Å². The van der Waals surface area contributed by atoms with E-state index in [0.29, 0.717) is 5.75 Å². The Bertz CT molecular complexity index is 308. The molecule has 0 bridgehead atoms. The highest BCUT2D eigenvalue weighted by Crippen LogP contribution is 2.28. The zero-order valence-corrected chi connectivity index (χ0v) is 8.54. The maximum absolute atomic E-state index is 11.0. The van der Waals surface area contributed by atoms with Crippen LogP contribution in [-0.4, -0.2) is 16.8 Å². The second kappa shape index (κ2) is 5.50. The van der Waals surface area contributed by atoms with E-state index >= 15 is 0 Å². The van der Waals surface area contributed by atoms with Crippen LogP contribution in [0.1, 0.15) is 10.8 Å². The number of thioether (sulfide) groups is 1. The van der Waals surface area contributed by atoms with Gasteiger partial charge in [-0.1, -0.05) is 36.4 Å². The predicted octanol–water partition coefficient (Wildman–Crippen LogP) is 2.73. The highest BCUT2D eigenvalue weighted by molar-refractivity contribution is 8.00. The largest absolute Gasteiger partial charge is 0.480 e. The highest BCUT2D eigenvalue weighted by Gasteiger charge is 2.18. The van der Waals surface area contributed by atoms with Crippen LogP contribution in [0.3, 0.4) is 0 Å². The van der Waals surface area contributed by atoms with Crippen LogP contribution in [0.5, 0.6) is 0 Å². The van der Waals surface area contributed by atoms with Crippen molar-refractivity contribution in [1.82, 2.24) is 0 Å². The number of aliphatic carboxylic acids is 1. The van der Waals surface area contributed by atoms with E-state index in [1.165, 1.54) is 11.8 Å². The number of carbonyl (C=O) groups is 1. The Morgan fingerprint density at radius 1 is 1.50 bits per heavy atom. The van der Waals surface area contributed by atoms with E-state index in [9.17, 15) is 4.79 Å². The zero-order chi connectivity index (χ0) is 10.4. The molecule has 2 nitrogen and oxygen atoms in total. The van der Waals surface area contributed by atoms with E-state index < -0.39 is 11.2 Å². The highest BCUT2D eigenvalue weighted by atomic mass is 32.2. The summed E-state index contributed by atoms with van der Waals surface area (Å²) >= 11 is 1.37. The summed E-state index contributed by atoms with van der Waals surface area (Å²) in [4.78, 5) is 11.0. The number of hydrogen-bond acceptors (Lipinski definition) is 2. The summed E-state index contributed by atoms with van der Waals surface area (Å²) in [5, 5.41) is 8.51. The molecule has 0 spiro atoms. The Morgan fingerprint density at radius 3 is 2.64 bits per heavy atom. The predicted molar refractivity (Wildman–Crippen MR) is 59.5 cm³/mol. The molecule has 0 fully saturated rings. The molecule has 0 saturated carbocycles. The Hall–Kier alpha value is -1.22. The van der Waals surface area contributed by atoms with Crippen molar-refractivity contribution >= 4 is 17.7 Å². The molecule has 0 amide bonds. The van der Waals surface area contributed by atoms with Crippen molar-refractivity contribution in [3.8, 4) is 0 Å². The van der Waals surface area contributed by atoms with Crippen LogP contribution >= 0.6 is 11.8 Å². The van der Waals surface area contributed by atoms with Gasteiger partial charge in [-0.2, -0.15) is 0 Å². The minimum Gasteiger partial charge on any atom is -0.480 e. The van der Waals surface area contributed by atoms with Gasteiger partial charge in [0.15, 0.2) is 0 Å². The van der Waals surface area contributed by atoms with Gasteiger partial charge in [0.25, 0.3) is 0 Å². The van der Waals surface area contributed by atoms with E-state index in [4.69, 9.17) is 5.11 Å². The van der Waals surface area contributed by atoms with Gasteiger partial charge in [-0.3, -0.25) is 4.79 Å². The second-order valence-electron chi connectivity index (χ2n) is 2.75. The van der Waals surface area contributed by atoms with Gasteiger partial charge in [0.05, 0.1) is 0 Å². The average Bonchev–Trinajstić information content (AvgIpc) is 2.19. The van der Waals surface area contributed by atoms with Crippen LogP contribution in [-0.2, 0) is 4.79 Å². The first kappa shape index (κ1) is 10.9. The third-order valence-corrected chi connectivity index (χ3v) is 2.94. The van der Waals surface area contributed by atoms with Crippen LogP contribution < -0.4 is 0 Å². The summed E-state index contributed by atoms with van der Waals surface area (Å²) in [6.45, 7) is 3.57. The molecule has 0 aliphatic heterocycles. The van der Waals surface area contributed by atoms with Gasteiger partial charge in [0.2, 0.25) is 0 Å². The molecule has 1 N–H and O–H groups in total. The molecular weight excluding hydrogens is 196 g/mol. The van der Waals surface area contributed by atoms with Crippen molar-refractivity contribution in [2.45, 2.75) is 5.25 Å². The van der Waals surface area contributed by atoms with Crippen LogP contribution in [0.2, 0.25) is 0 Å².